The normalized spacial score (nSPS) is 13.3. The maximum absolute atomic E-state index is 12.4. The number of unbranched alkanes of at least 4 members (excludes halogenated alkanes) is 2. The van der Waals surface area contributed by atoms with Crippen molar-refractivity contribution >= 4 is 21.7 Å². The summed E-state index contributed by atoms with van der Waals surface area (Å²) in [4.78, 5) is 12.0. The van der Waals surface area contributed by atoms with Crippen LogP contribution in [-0.4, -0.2) is 43.9 Å². The fourth-order valence-corrected chi connectivity index (χ4v) is 3.84. The number of nitrogens with one attached hydrogen (secondary N) is 2. The molecule has 0 spiro atoms. The van der Waals surface area contributed by atoms with Crippen molar-refractivity contribution in [2.24, 2.45) is 7.05 Å². The van der Waals surface area contributed by atoms with E-state index in [0.29, 0.717) is 56.3 Å². The number of aryl methyl sites for hydroxylation is 1. The Balaban J connectivity index is 1.37. The number of carbonyl (C=O) groups is 1. The third kappa shape index (κ3) is 5.46. The fourth-order valence-electron chi connectivity index (χ4n) is 2.76. The van der Waals surface area contributed by atoms with Crippen LogP contribution in [0.3, 0.4) is 0 Å². The second-order valence-corrected chi connectivity index (χ2v) is 8.20. The first-order valence-corrected chi connectivity index (χ1v) is 10.6. The van der Waals surface area contributed by atoms with Gasteiger partial charge >= 0.3 is 0 Å². The Morgan fingerprint density at radius 3 is 2.68 bits per heavy atom. The van der Waals surface area contributed by atoms with Crippen LogP contribution in [0.4, 0.5) is 5.82 Å². The number of benzene rings is 1. The van der Waals surface area contributed by atoms with E-state index in [1.807, 2.05) is 0 Å². The Morgan fingerprint density at radius 2 is 1.93 bits per heavy atom. The van der Waals surface area contributed by atoms with Crippen LogP contribution in [0.1, 0.15) is 25.7 Å². The molecule has 2 heterocycles. The molecule has 1 aromatic carbocycles. The minimum Gasteiger partial charge on any atom is -0.486 e. The molecule has 28 heavy (non-hydrogen) atoms. The van der Waals surface area contributed by atoms with Gasteiger partial charge in [0.1, 0.15) is 13.2 Å². The fraction of sp³-hybridized carbons (Fsp3) is 0.444. The van der Waals surface area contributed by atoms with Crippen molar-refractivity contribution in [1.82, 2.24) is 14.5 Å². The Kier molecular flexibility index (Phi) is 6.53. The summed E-state index contributed by atoms with van der Waals surface area (Å²) in [6.45, 7) is 1.16. The number of anilines is 1. The van der Waals surface area contributed by atoms with E-state index in [1.165, 1.54) is 12.1 Å². The summed E-state index contributed by atoms with van der Waals surface area (Å²) in [5.74, 6) is 1.41. The summed E-state index contributed by atoms with van der Waals surface area (Å²) < 4.78 is 39.8. The summed E-state index contributed by atoms with van der Waals surface area (Å²) in [6, 6.07) is 6.30. The van der Waals surface area contributed by atoms with E-state index in [1.54, 1.807) is 30.1 Å². The number of nitrogens with zero attached hydrogens (tertiary/aromatic N) is 2. The van der Waals surface area contributed by atoms with Gasteiger partial charge in [-0.15, -0.1) is 0 Å². The highest BCUT2D eigenvalue weighted by Crippen LogP contribution is 2.32. The molecule has 2 aromatic rings. The van der Waals surface area contributed by atoms with Crippen molar-refractivity contribution in [2.45, 2.75) is 30.6 Å². The highest BCUT2D eigenvalue weighted by Gasteiger charge is 2.18. The predicted molar refractivity (Wildman–Crippen MR) is 103 cm³/mol. The molecule has 152 valence electrons. The Bertz CT molecular complexity index is 926. The monoisotopic (exact) mass is 408 g/mol. The van der Waals surface area contributed by atoms with E-state index in [9.17, 15) is 13.2 Å². The number of carbonyl (C=O) groups excluding carboxylic acids is 1. The highest BCUT2D eigenvalue weighted by atomic mass is 32.2. The van der Waals surface area contributed by atoms with Crippen molar-refractivity contribution in [1.29, 1.82) is 0 Å². The topological polar surface area (TPSA) is 112 Å². The molecule has 3 rings (SSSR count). The molecule has 1 aliphatic rings. The molecule has 1 amide bonds. The van der Waals surface area contributed by atoms with Gasteiger partial charge in [0.05, 0.1) is 4.90 Å². The lowest BCUT2D eigenvalue weighted by atomic mass is 10.2. The number of sulfonamides is 1. The van der Waals surface area contributed by atoms with Gasteiger partial charge in [0.25, 0.3) is 0 Å². The van der Waals surface area contributed by atoms with Crippen LogP contribution < -0.4 is 19.5 Å². The molecule has 0 aliphatic carbocycles. The summed E-state index contributed by atoms with van der Waals surface area (Å²) in [6.07, 6.45) is 4.17. The van der Waals surface area contributed by atoms with E-state index < -0.39 is 10.0 Å². The van der Waals surface area contributed by atoms with Crippen LogP contribution in [-0.2, 0) is 21.9 Å². The van der Waals surface area contributed by atoms with Crippen LogP contribution in [0.5, 0.6) is 11.5 Å². The summed E-state index contributed by atoms with van der Waals surface area (Å²) in [5.41, 5.74) is 0. The first kappa shape index (κ1) is 20.2. The molecule has 1 aromatic heterocycles. The smallest absolute Gasteiger partial charge is 0.240 e. The Morgan fingerprint density at radius 1 is 1.14 bits per heavy atom. The van der Waals surface area contributed by atoms with Crippen LogP contribution in [0.2, 0.25) is 0 Å². The van der Waals surface area contributed by atoms with Gasteiger partial charge in [-0.25, -0.2) is 13.1 Å². The number of aromatic nitrogens is 2. The maximum Gasteiger partial charge on any atom is 0.240 e. The van der Waals surface area contributed by atoms with Crippen molar-refractivity contribution in [3.8, 4) is 11.5 Å². The summed E-state index contributed by atoms with van der Waals surface area (Å²) in [7, 11) is -1.83. The number of hydrogen-bond donors (Lipinski definition) is 2. The number of ether oxygens (including phenoxy) is 2. The van der Waals surface area contributed by atoms with Crippen LogP contribution in [0.25, 0.3) is 0 Å². The number of fused-ring (bicyclic) bond motifs is 1. The zero-order valence-corrected chi connectivity index (χ0v) is 16.5. The molecule has 9 nitrogen and oxygen atoms in total. The molecule has 0 fully saturated rings. The van der Waals surface area contributed by atoms with E-state index in [2.05, 4.69) is 15.1 Å². The van der Waals surface area contributed by atoms with E-state index in [4.69, 9.17) is 9.47 Å². The van der Waals surface area contributed by atoms with Crippen molar-refractivity contribution in [2.75, 3.05) is 25.1 Å². The second-order valence-electron chi connectivity index (χ2n) is 6.44. The zero-order chi connectivity index (χ0) is 20.0. The third-order valence-electron chi connectivity index (χ3n) is 4.18. The van der Waals surface area contributed by atoms with Gasteiger partial charge in [-0.3, -0.25) is 9.48 Å². The molecule has 0 bridgehead atoms. The number of rotatable bonds is 9. The first-order chi connectivity index (χ1) is 13.4. The van der Waals surface area contributed by atoms with Gasteiger partial charge in [-0.05, 0) is 25.0 Å². The lowest BCUT2D eigenvalue weighted by molar-refractivity contribution is -0.116. The third-order valence-corrected chi connectivity index (χ3v) is 5.64. The van der Waals surface area contributed by atoms with Gasteiger partial charge in [-0.2, -0.15) is 5.10 Å². The van der Waals surface area contributed by atoms with Crippen molar-refractivity contribution in [3.63, 3.8) is 0 Å². The molecule has 0 unspecified atom stereocenters. The molecule has 10 heteroatoms. The van der Waals surface area contributed by atoms with E-state index in [0.717, 1.165) is 6.42 Å². The lowest BCUT2D eigenvalue weighted by Crippen LogP contribution is -2.25. The predicted octanol–water partition coefficient (Wildman–Crippen LogP) is 1.67. The van der Waals surface area contributed by atoms with Crippen LogP contribution >= 0.6 is 0 Å². The average molecular weight is 408 g/mol. The molecule has 0 radical (unpaired) electrons. The average Bonchev–Trinajstić information content (AvgIpc) is 3.08. The van der Waals surface area contributed by atoms with Gasteiger partial charge in [0, 0.05) is 38.3 Å². The van der Waals surface area contributed by atoms with Gasteiger partial charge < -0.3 is 14.8 Å². The molecule has 0 saturated heterocycles. The molecular weight excluding hydrogens is 384 g/mol. The minimum atomic E-state index is -3.61. The first-order valence-electron chi connectivity index (χ1n) is 9.13. The van der Waals surface area contributed by atoms with Gasteiger partial charge in [0.2, 0.25) is 15.9 Å². The van der Waals surface area contributed by atoms with Gasteiger partial charge in [-0.1, -0.05) is 6.42 Å². The summed E-state index contributed by atoms with van der Waals surface area (Å²) in [5, 5.41) is 6.80. The standard InChI is InChI=1S/C18H24N4O5S/c1-22-10-8-17(21-22)20-18(23)5-3-2-4-9-19-28(24,25)14-6-7-15-16(13-14)27-12-11-26-15/h6-8,10,13,19H,2-5,9,11-12H2,1H3,(H,20,21,23). The maximum atomic E-state index is 12.4. The number of amides is 1. The highest BCUT2D eigenvalue weighted by molar-refractivity contribution is 7.89. The van der Waals surface area contributed by atoms with Crippen LogP contribution in [0, 0.1) is 0 Å². The molecule has 1 aliphatic heterocycles. The number of hydrogen-bond acceptors (Lipinski definition) is 6. The van der Waals surface area contributed by atoms with Crippen LogP contribution in [0.15, 0.2) is 35.4 Å². The minimum absolute atomic E-state index is 0.101. The largest absolute Gasteiger partial charge is 0.486 e. The van der Waals surface area contributed by atoms with Crippen molar-refractivity contribution < 1.29 is 22.7 Å². The van der Waals surface area contributed by atoms with Crippen molar-refractivity contribution in [3.05, 3.63) is 30.5 Å². The Labute approximate surface area is 164 Å². The lowest BCUT2D eigenvalue weighted by Gasteiger charge is -2.18. The van der Waals surface area contributed by atoms with E-state index >= 15 is 0 Å². The van der Waals surface area contributed by atoms with Gasteiger partial charge in [0.15, 0.2) is 17.3 Å². The summed E-state index contributed by atoms with van der Waals surface area (Å²) >= 11 is 0. The quantitative estimate of drug-likeness (QED) is 0.611. The molecule has 2 N–H and O–H groups in total. The SMILES string of the molecule is Cn1ccc(NC(=O)CCCCCNS(=O)(=O)c2ccc3c(c2)OCCO3)n1. The van der Waals surface area contributed by atoms with E-state index in [-0.39, 0.29) is 10.8 Å². The zero-order valence-electron chi connectivity index (χ0n) is 15.7. The molecule has 0 atom stereocenters. The second kappa shape index (κ2) is 9.07. The Hall–Kier alpha value is -2.59. The molecule has 0 saturated carbocycles. The molecular formula is C18H24N4O5S.